The molecule has 3 aromatic carbocycles. The summed E-state index contributed by atoms with van der Waals surface area (Å²) in [4.78, 5) is 0. The highest BCUT2D eigenvalue weighted by Crippen LogP contribution is 2.45. The van der Waals surface area contributed by atoms with E-state index in [1.54, 1.807) is 19.1 Å². The van der Waals surface area contributed by atoms with E-state index < -0.39 is 29.5 Å². The molecule has 0 spiro atoms. The van der Waals surface area contributed by atoms with Gasteiger partial charge in [-0.2, -0.15) is 4.39 Å². The fourth-order valence-corrected chi connectivity index (χ4v) is 3.37. The van der Waals surface area contributed by atoms with Gasteiger partial charge in [0.1, 0.15) is 5.75 Å². The van der Waals surface area contributed by atoms with Crippen LogP contribution >= 0.6 is 0 Å². The Labute approximate surface area is 170 Å². The average Bonchev–Trinajstić information content (AvgIpc) is 2.71. The molecule has 0 aliphatic rings. The maximum Gasteiger partial charge on any atom is 0.573 e. The first-order valence-corrected chi connectivity index (χ1v) is 9.32. The predicted molar refractivity (Wildman–Crippen MR) is 103 cm³/mol. The number of rotatable bonds is 5. The molecule has 0 saturated carbocycles. The van der Waals surface area contributed by atoms with Gasteiger partial charge in [0.2, 0.25) is 11.6 Å². The molecule has 157 valence electrons. The molecular formula is C23H18F5O2. The van der Waals surface area contributed by atoms with Gasteiger partial charge in [-0.05, 0) is 52.8 Å². The molecule has 0 N–H and O–H groups in total. The van der Waals surface area contributed by atoms with E-state index in [9.17, 15) is 27.1 Å². The van der Waals surface area contributed by atoms with Crippen LogP contribution in [-0.4, -0.2) is 6.36 Å². The molecule has 0 heterocycles. The van der Waals surface area contributed by atoms with Crippen molar-refractivity contribution in [3.8, 4) is 33.8 Å². The minimum Gasteiger partial charge on any atom is -0.406 e. The Kier molecular flexibility index (Phi) is 6.01. The summed E-state index contributed by atoms with van der Waals surface area (Å²) in [5.41, 5.74) is 1.87. The lowest BCUT2D eigenvalue weighted by Gasteiger charge is -2.18. The van der Waals surface area contributed by atoms with Gasteiger partial charge in [-0.15, -0.1) is 13.2 Å². The van der Waals surface area contributed by atoms with Crippen LogP contribution in [0.1, 0.15) is 25.0 Å². The van der Waals surface area contributed by atoms with E-state index in [0.29, 0.717) is 5.56 Å². The summed E-state index contributed by atoms with van der Waals surface area (Å²) in [6.45, 7) is 3.60. The zero-order valence-corrected chi connectivity index (χ0v) is 16.2. The fraction of sp³-hybridized carbons (Fsp3) is 0.217. The molecule has 0 bridgehead atoms. The van der Waals surface area contributed by atoms with Gasteiger partial charge >= 0.3 is 6.36 Å². The highest BCUT2D eigenvalue weighted by atomic mass is 19.4. The number of benzene rings is 3. The highest BCUT2D eigenvalue weighted by Gasteiger charge is 2.31. The van der Waals surface area contributed by atoms with Gasteiger partial charge in [-0.1, -0.05) is 50.2 Å². The fourth-order valence-electron chi connectivity index (χ4n) is 3.37. The van der Waals surface area contributed by atoms with Crippen molar-refractivity contribution in [2.24, 2.45) is 0 Å². The molecule has 0 saturated heterocycles. The lowest BCUT2D eigenvalue weighted by molar-refractivity contribution is -0.274. The second-order valence-electron chi connectivity index (χ2n) is 6.66. The summed E-state index contributed by atoms with van der Waals surface area (Å²) < 4.78 is 70.0. The van der Waals surface area contributed by atoms with Crippen LogP contribution in [0.3, 0.4) is 0 Å². The summed E-state index contributed by atoms with van der Waals surface area (Å²) in [6, 6.07) is 11.6. The average molecular weight is 421 g/mol. The maximum absolute atomic E-state index is 14.6. The van der Waals surface area contributed by atoms with E-state index in [1.807, 2.05) is 19.1 Å². The first-order chi connectivity index (χ1) is 14.2. The Morgan fingerprint density at radius 1 is 0.767 bits per heavy atom. The first kappa shape index (κ1) is 21.6. The van der Waals surface area contributed by atoms with Crippen molar-refractivity contribution in [2.45, 2.75) is 33.1 Å². The molecule has 0 aliphatic heterocycles. The summed E-state index contributed by atoms with van der Waals surface area (Å²) in [5, 5.41) is 12.7. The molecule has 0 fully saturated rings. The number of hydrogen-bond acceptors (Lipinski definition) is 1. The zero-order valence-electron chi connectivity index (χ0n) is 16.2. The van der Waals surface area contributed by atoms with Crippen LogP contribution in [-0.2, 0) is 17.9 Å². The van der Waals surface area contributed by atoms with Crippen LogP contribution in [0, 0.1) is 11.6 Å². The van der Waals surface area contributed by atoms with Crippen LogP contribution in [0.2, 0.25) is 0 Å². The van der Waals surface area contributed by atoms with E-state index in [4.69, 9.17) is 0 Å². The number of alkyl halides is 3. The second-order valence-corrected chi connectivity index (χ2v) is 6.66. The number of halogens is 5. The Bertz CT molecular complexity index is 1040. The highest BCUT2D eigenvalue weighted by molar-refractivity contribution is 5.90. The van der Waals surface area contributed by atoms with Crippen LogP contribution in [0.25, 0.3) is 22.3 Å². The lowest BCUT2D eigenvalue weighted by atomic mass is 9.87. The van der Waals surface area contributed by atoms with Crippen molar-refractivity contribution in [3.63, 3.8) is 0 Å². The maximum atomic E-state index is 14.6. The topological polar surface area (TPSA) is 29.1 Å². The minimum absolute atomic E-state index is 0.0296. The SMILES string of the molecule is CCc1ccc(-c2c(CC)c(F)c(F)c([O])c2-c2ccc(OC(F)(F)F)cc2)cc1. The van der Waals surface area contributed by atoms with Crippen molar-refractivity contribution in [2.75, 3.05) is 0 Å². The Morgan fingerprint density at radius 2 is 1.30 bits per heavy atom. The Hall–Kier alpha value is -3.09. The van der Waals surface area contributed by atoms with Gasteiger partial charge in [0.05, 0.1) is 0 Å². The molecule has 0 aromatic heterocycles. The van der Waals surface area contributed by atoms with Crippen LogP contribution < -0.4 is 4.74 Å². The molecule has 7 heteroatoms. The molecule has 0 atom stereocenters. The van der Waals surface area contributed by atoms with Gasteiger partial charge in [0.25, 0.3) is 0 Å². The molecule has 1 radical (unpaired) electrons. The normalized spacial score (nSPS) is 11.6. The first-order valence-electron chi connectivity index (χ1n) is 9.32. The van der Waals surface area contributed by atoms with Gasteiger partial charge < -0.3 is 4.74 Å². The van der Waals surface area contributed by atoms with Crippen molar-refractivity contribution in [1.29, 1.82) is 0 Å². The van der Waals surface area contributed by atoms with Crippen molar-refractivity contribution in [3.05, 3.63) is 71.3 Å². The van der Waals surface area contributed by atoms with Crippen LogP contribution in [0.5, 0.6) is 11.5 Å². The van der Waals surface area contributed by atoms with Gasteiger partial charge in [0, 0.05) is 5.56 Å². The quantitative estimate of drug-likeness (QED) is 0.393. The van der Waals surface area contributed by atoms with E-state index in [-0.39, 0.29) is 28.7 Å². The van der Waals surface area contributed by atoms with Gasteiger partial charge in [-0.25, -0.2) is 4.39 Å². The molecule has 3 rings (SSSR count). The Morgan fingerprint density at radius 3 is 1.80 bits per heavy atom. The Balaban J connectivity index is 2.23. The van der Waals surface area contributed by atoms with E-state index in [1.165, 1.54) is 12.1 Å². The summed E-state index contributed by atoms with van der Waals surface area (Å²) >= 11 is 0. The minimum atomic E-state index is -4.87. The predicted octanol–water partition coefficient (Wildman–Crippen LogP) is 7.47. The third kappa shape index (κ3) is 4.25. The molecule has 3 aromatic rings. The molecule has 0 amide bonds. The number of aryl methyl sites for hydroxylation is 1. The molecular weight excluding hydrogens is 403 g/mol. The zero-order chi connectivity index (χ0) is 22.1. The van der Waals surface area contributed by atoms with Crippen molar-refractivity contribution < 1.29 is 31.8 Å². The van der Waals surface area contributed by atoms with E-state index >= 15 is 0 Å². The summed E-state index contributed by atoms with van der Waals surface area (Å²) in [5.74, 6) is -4.35. The van der Waals surface area contributed by atoms with Crippen molar-refractivity contribution in [1.82, 2.24) is 0 Å². The smallest absolute Gasteiger partial charge is 0.406 e. The molecule has 30 heavy (non-hydrogen) atoms. The number of hydrogen-bond donors (Lipinski definition) is 0. The standard InChI is InChI=1S/C23H18F5O2/c1-3-13-5-7-14(8-6-13)18-17(4-2)20(24)21(25)22(29)19(18)15-9-11-16(12-10-15)30-23(26,27)28/h5-12H,3-4H2,1-2H3. The molecule has 0 aliphatic carbocycles. The summed E-state index contributed by atoms with van der Waals surface area (Å²) in [6.07, 6.45) is -3.97. The second kappa shape index (κ2) is 8.34. The third-order valence-electron chi connectivity index (χ3n) is 4.82. The largest absolute Gasteiger partial charge is 0.573 e. The van der Waals surface area contributed by atoms with E-state index in [2.05, 4.69) is 4.74 Å². The van der Waals surface area contributed by atoms with Crippen LogP contribution in [0.4, 0.5) is 22.0 Å². The van der Waals surface area contributed by atoms with Crippen molar-refractivity contribution >= 4 is 0 Å². The monoisotopic (exact) mass is 421 g/mol. The third-order valence-corrected chi connectivity index (χ3v) is 4.82. The van der Waals surface area contributed by atoms with Crippen LogP contribution in [0.15, 0.2) is 48.5 Å². The molecule has 2 nitrogen and oxygen atoms in total. The number of ether oxygens (including phenoxy) is 1. The van der Waals surface area contributed by atoms with Gasteiger partial charge in [0.15, 0.2) is 5.82 Å². The van der Waals surface area contributed by atoms with E-state index in [0.717, 1.165) is 24.1 Å². The molecule has 0 unspecified atom stereocenters. The lowest BCUT2D eigenvalue weighted by Crippen LogP contribution is -2.16. The summed E-state index contributed by atoms with van der Waals surface area (Å²) in [7, 11) is 0. The van der Waals surface area contributed by atoms with Gasteiger partial charge in [-0.3, -0.25) is 5.11 Å².